The van der Waals surface area contributed by atoms with Gasteiger partial charge < -0.3 is 10.3 Å². The van der Waals surface area contributed by atoms with Crippen LogP contribution >= 0.6 is 11.6 Å². The summed E-state index contributed by atoms with van der Waals surface area (Å²) in [5.74, 6) is 0. The van der Waals surface area contributed by atoms with Crippen molar-refractivity contribution >= 4 is 33.9 Å². The van der Waals surface area contributed by atoms with Gasteiger partial charge >= 0.3 is 0 Å². The first-order valence-corrected chi connectivity index (χ1v) is 10.2. The van der Waals surface area contributed by atoms with Gasteiger partial charge in [0.15, 0.2) is 0 Å². The zero-order valence-corrected chi connectivity index (χ0v) is 17.2. The number of benzene rings is 3. The van der Waals surface area contributed by atoms with E-state index in [1.165, 1.54) is 0 Å². The summed E-state index contributed by atoms with van der Waals surface area (Å²) >= 11 is 6.04. The lowest BCUT2D eigenvalue weighted by Gasteiger charge is -2.15. The highest BCUT2D eigenvalue weighted by molar-refractivity contribution is 6.30. The third-order valence-corrected chi connectivity index (χ3v) is 5.49. The SMILES string of the molecule is N#Cc1cncc(-c2cccc(-c3ccc(Cl)cc3)c2)c1Nc1ccc2[nH]ccc2c1. The first-order valence-electron chi connectivity index (χ1n) is 9.80. The lowest BCUT2D eigenvalue weighted by molar-refractivity contribution is 1.30. The highest BCUT2D eigenvalue weighted by Crippen LogP contribution is 2.35. The van der Waals surface area contributed by atoms with Crippen LogP contribution in [0.4, 0.5) is 11.4 Å². The number of rotatable bonds is 4. The Kier molecular flexibility index (Phi) is 4.87. The van der Waals surface area contributed by atoms with E-state index < -0.39 is 0 Å². The number of pyridine rings is 1. The Morgan fingerprint density at radius 1 is 0.871 bits per heavy atom. The third-order valence-electron chi connectivity index (χ3n) is 5.24. The van der Waals surface area contributed by atoms with E-state index in [0.29, 0.717) is 10.6 Å². The van der Waals surface area contributed by atoms with Crippen LogP contribution < -0.4 is 5.32 Å². The van der Waals surface area contributed by atoms with Gasteiger partial charge in [0, 0.05) is 45.8 Å². The number of fused-ring (bicyclic) bond motifs is 1. The molecule has 0 spiro atoms. The Morgan fingerprint density at radius 3 is 2.55 bits per heavy atom. The largest absolute Gasteiger partial charge is 0.361 e. The second kappa shape index (κ2) is 7.98. The number of nitrogens with zero attached hydrogens (tertiary/aromatic N) is 2. The number of nitrogens with one attached hydrogen (secondary N) is 2. The van der Waals surface area contributed by atoms with Gasteiger partial charge in [-0.2, -0.15) is 5.26 Å². The summed E-state index contributed by atoms with van der Waals surface area (Å²) in [4.78, 5) is 7.50. The van der Waals surface area contributed by atoms with Gasteiger partial charge in [-0.1, -0.05) is 41.9 Å². The minimum atomic E-state index is 0.489. The van der Waals surface area contributed by atoms with Crippen LogP contribution in [0.1, 0.15) is 5.56 Å². The topological polar surface area (TPSA) is 64.5 Å². The fourth-order valence-electron chi connectivity index (χ4n) is 3.68. The van der Waals surface area contributed by atoms with Crippen LogP contribution in [0.5, 0.6) is 0 Å². The molecule has 0 aliphatic rings. The molecule has 4 nitrogen and oxygen atoms in total. The van der Waals surface area contributed by atoms with Crippen molar-refractivity contribution in [1.82, 2.24) is 9.97 Å². The van der Waals surface area contributed by atoms with Gasteiger partial charge in [-0.3, -0.25) is 4.98 Å². The second-order valence-electron chi connectivity index (χ2n) is 7.21. The van der Waals surface area contributed by atoms with Crippen LogP contribution in [0.15, 0.2) is 91.4 Å². The monoisotopic (exact) mass is 420 g/mol. The summed E-state index contributed by atoms with van der Waals surface area (Å²) in [5.41, 5.74) is 7.18. The molecule has 5 rings (SSSR count). The van der Waals surface area contributed by atoms with Crippen molar-refractivity contribution in [3.63, 3.8) is 0 Å². The quantitative estimate of drug-likeness (QED) is 0.324. The van der Waals surface area contributed by atoms with E-state index >= 15 is 0 Å². The third kappa shape index (κ3) is 3.75. The van der Waals surface area contributed by atoms with E-state index in [0.717, 1.165) is 44.5 Å². The molecule has 2 heterocycles. The maximum Gasteiger partial charge on any atom is 0.103 e. The second-order valence-corrected chi connectivity index (χ2v) is 7.65. The molecular weight excluding hydrogens is 404 g/mol. The fraction of sp³-hybridized carbons (Fsp3) is 0. The maximum absolute atomic E-state index is 9.72. The average molecular weight is 421 g/mol. The van der Waals surface area contributed by atoms with Crippen molar-refractivity contribution in [2.75, 3.05) is 5.32 Å². The lowest BCUT2D eigenvalue weighted by Crippen LogP contribution is -1.98. The molecule has 3 aromatic carbocycles. The molecule has 0 saturated carbocycles. The average Bonchev–Trinajstić information content (AvgIpc) is 3.28. The van der Waals surface area contributed by atoms with E-state index in [-0.39, 0.29) is 0 Å². The van der Waals surface area contributed by atoms with Gasteiger partial charge in [0.25, 0.3) is 0 Å². The molecule has 0 fully saturated rings. The number of H-pyrrole nitrogens is 1. The summed E-state index contributed by atoms with van der Waals surface area (Å²) in [6, 6.07) is 26.3. The van der Waals surface area contributed by atoms with Crippen molar-refractivity contribution in [2.24, 2.45) is 0 Å². The fourth-order valence-corrected chi connectivity index (χ4v) is 3.81. The molecule has 0 bridgehead atoms. The molecule has 5 aromatic rings. The maximum atomic E-state index is 9.72. The van der Waals surface area contributed by atoms with E-state index in [1.54, 1.807) is 12.4 Å². The molecule has 2 N–H and O–H groups in total. The normalized spacial score (nSPS) is 10.7. The molecule has 5 heteroatoms. The van der Waals surface area contributed by atoms with Gasteiger partial charge in [-0.25, -0.2) is 0 Å². The van der Waals surface area contributed by atoms with Crippen molar-refractivity contribution < 1.29 is 0 Å². The minimum absolute atomic E-state index is 0.489. The summed E-state index contributed by atoms with van der Waals surface area (Å²) in [6.45, 7) is 0. The lowest BCUT2D eigenvalue weighted by atomic mass is 9.98. The minimum Gasteiger partial charge on any atom is -0.361 e. The van der Waals surface area contributed by atoms with Crippen molar-refractivity contribution in [3.8, 4) is 28.3 Å². The van der Waals surface area contributed by atoms with Crippen molar-refractivity contribution in [2.45, 2.75) is 0 Å². The number of nitriles is 1. The molecule has 0 atom stereocenters. The zero-order chi connectivity index (χ0) is 21.2. The van der Waals surface area contributed by atoms with Gasteiger partial charge in [0.05, 0.1) is 11.3 Å². The van der Waals surface area contributed by atoms with E-state index in [9.17, 15) is 5.26 Å². The predicted octanol–water partition coefficient (Wildman–Crippen LogP) is 7.17. The molecule has 31 heavy (non-hydrogen) atoms. The summed E-state index contributed by atoms with van der Waals surface area (Å²) in [5, 5.41) is 15.0. The molecular formula is C26H17ClN4. The Labute approximate surface area is 184 Å². The van der Waals surface area contributed by atoms with E-state index in [2.05, 4.69) is 39.6 Å². The number of anilines is 2. The molecule has 0 aliphatic heterocycles. The smallest absolute Gasteiger partial charge is 0.103 e. The van der Waals surface area contributed by atoms with Gasteiger partial charge in [0.2, 0.25) is 0 Å². The number of aromatic amines is 1. The van der Waals surface area contributed by atoms with Crippen LogP contribution in [0.25, 0.3) is 33.2 Å². The van der Waals surface area contributed by atoms with Crippen LogP contribution in [0.3, 0.4) is 0 Å². The van der Waals surface area contributed by atoms with Crippen LogP contribution in [-0.2, 0) is 0 Å². The molecule has 0 saturated heterocycles. The van der Waals surface area contributed by atoms with Crippen LogP contribution in [-0.4, -0.2) is 9.97 Å². The standard InChI is InChI=1S/C26H17ClN4/c27-22-6-4-17(5-7-22)18-2-1-3-19(12-18)24-16-29-15-21(14-28)26(24)31-23-8-9-25-20(13-23)10-11-30-25/h1-13,15-16,30H,(H,29,31). The Hall–Kier alpha value is -4.07. The summed E-state index contributed by atoms with van der Waals surface area (Å²) in [6.07, 6.45) is 5.29. The van der Waals surface area contributed by atoms with Crippen LogP contribution in [0, 0.1) is 11.3 Å². The Balaban J connectivity index is 1.59. The van der Waals surface area contributed by atoms with Crippen LogP contribution in [0.2, 0.25) is 5.02 Å². The molecule has 0 unspecified atom stereocenters. The molecule has 148 valence electrons. The number of hydrogen-bond donors (Lipinski definition) is 2. The summed E-state index contributed by atoms with van der Waals surface area (Å²) in [7, 11) is 0. The highest BCUT2D eigenvalue weighted by Gasteiger charge is 2.13. The molecule has 0 radical (unpaired) electrons. The first-order chi connectivity index (χ1) is 15.2. The molecule has 0 aliphatic carbocycles. The number of hydrogen-bond acceptors (Lipinski definition) is 3. The van der Waals surface area contributed by atoms with Gasteiger partial charge in [-0.15, -0.1) is 0 Å². The predicted molar refractivity (Wildman–Crippen MR) is 126 cm³/mol. The first kappa shape index (κ1) is 18.9. The number of halogens is 1. The Morgan fingerprint density at radius 2 is 1.71 bits per heavy atom. The van der Waals surface area contributed by atoms with Gasteiger partial charge in [0.1, 0.15) is 6.07 Å². The van der Waals surface area contributed by atoms with Crippen molar-refractivity contribution in [1.29, 1.82) is 5.26 Å². The Bertz CT molecular complexity index is 1430. The number of aromatic nitrogens is 2. The highest BCUT2D eigenvalue weighted by atomic mass is 35.5. The van der Waals surface area contributed by atoms with Gasteiger partial charge in [-0.05, 0) is 59.2 Å². The molecule has 0 amide bonds. The van der Waals surface area contributed by atoms with E-state index in [1.807, 2.05) is 60.8 Å². The van der Waals surface area contributed by atoms with Crippen molar-refractivity contribution in [3.05, 3.63) is 102 Å². The molecule has 2 aromatic heterocycles. The van der Waals surface area contributed by atoms with E-state index in [4.69, 9.17) is 11.6 Å². The zero-order valence-electron chi connectivity index (χ0n) is 16.4. The summed E-state index contributed by atoms with van der Waals surface area (Å²) < 4.78 is 0.